The van der Waals surface area contributed by atoms with E-state index in [2.05, 4.69) is 15.6 Å². The second kappa shape index (κ2) is 18.1. The van der Waals surface area contributed by atoms with Crippen molar-refractivity contribution in [2.75, 3.05) is 6.54 Å². The third-order valence-corrected chi connectivity index (χ3v) is 7.04. The number of carboxylic acid groups (broad SMARTS) is 2. The normalized spacial score (nSPS) is 15.5. The lowest BCUT2D eigenvalue weighted by atomic mass is 9.75. The lowest BCUT2D eigenvalue weighted by molar-refractivity contribution is -0.149. The molecule has 5 atom stereocenters. The van der Waals surface area contributed by atoms with Crippen molar-refractivity contribution in [2.45, 2.75) is 103 Å². The number of unbranched alkanes of at least 4 members (excludes halogenated alkanes) is 1. The van der Waals surface area contributed by atoms with Gasteiger partial charge in [-0.15, -0.1) is 0 Å². The molecule has 0 heterocycles. The first-order valence-corrected chi connectivity index (χ1v) is 14.1. The summed E-state index contributed by atoms with van der Waals surface area (Å²) in [7, 11) is 0. The summed E-state index contributed by atoms with van der Waals surface area (Å²) in [6.07, 6.45) is 0.490. The number of amides is 2. The lowest BCUT2D eigenvalue weighted by Crippen LogP contribution is -2.57. The summed E-state index contributed by atoms with van der Waals surface area (Å²) in [5.41, 5.74) is 20.5. The number of aliphatic imine (C=N–C) groups is 1. The van der Waals surface area contributed by atoms with Crippen LogP contribution in [0.25, 0.3) is 0 Å². The third-order valence-electron chi connectivity index (χ3n) is 7.04. The summed E-state index contributed by atoms with van der Waals surface area (Å²) in [5.74, 6) is -8.79. The van der Waals surface area contributed by atoms with Crippen molar-refractivity contribution in [3.8, 4) is 0 Å². The summed E-state index contributed by atoms with van der Waals surface area (Å²) in [4.78, 5) is 80.1. The van der Waals surface area contributed by atoms with Crippen molar-refractivity contribution in [3.05, 3.63) is 0 Å². The fourth-order valence-corrected chi connectivity index (χ4v) is 4.28. The molecule has 0 rings (SSSR count). The number of nitrogens with two attached hydrogens (primary N) is 4. The Morgan fingerprint density at radius 2 is 1.45 bits per heavy atom. The van der Waals surface area contributed by atoms with Crippen LogP contribution < -0.4 is 33.6 Å². The maximum atomic E-state index is 13.6. The molecule has 12 N–H and O–H groups in total. The Balaban J connectivity index is 5.95. The number of guanidine groups is 1. The van der Waals surface area contributed by atoms with E-state index < -0.39 is 89.6 Å². The average molecular weight is 600 g/mol. The van der Waals surface area contributed by atoms with Gasteiger partial charge < -0.3 is 43.8 Å². The highest BCUT2D eigenvalue weighted by Crippen LogP contribution is 2.26. The van der Waals surface area contributed by atoms with Gasteiger partial charge in [-0.05, 0) is 31.1 Å². The molecular formula is C27H49N7O8. The molecule has 0 aromatic carbocycles. The van der Waals surface area contributed by atoms with E-state index in [0.29, 0.717) is 19.3 Å². The highest BCUT2D eigenvalue weighted by Gasteiger charge is 2.44. The first-order chi connectivity index (χ1) is 19.4. The summed E-state index contributed by atoms with van der Waals surface area (Å²) in [6.45, 7) is 8.28. The molecule has 15 heteroatoms. The van der Waals surface area contributed by atoms with Crippen LogP contribution in [-0.4, -0.2) is 81.7 Å². The Morgan fingerprint density at radius 3 is 1.90 bits per heavy atom. The van der Waals surface area contributed by atoms with Crippen LogP contribution in [0.4, 0.5) is 0 Å². The van der Waals surface area contributed by atoms with Gasteiger partial charge in [-0.2, -0.15) is 0 Å². The number of carboxylic acids is 2. The first kappa shape index (κ1) is 38.4. The van der Waals surface area contributed by atoms with E-state index in [-0.39, 0.29) is 25.3 Å². The fraction of sp³-hybridized carbons (Fsp3) is 0.741. The van der Waals surface area contributed by atoms with E-state index in [1.807, 2.05) is 6.92 Å². The molecule has 0 saturated heterocycles. The van der Waals surface area contributed by atoms with Gasteiger partial charge in [-0.3, -0.25) is 33.8 Å². The molecule has 0 aliphatic rings. The summed E-state index contributed by atoms with van der Waals surface area (Å²) >= 11 is 0. The summed E-state index contributed by atoms with van der Waals surface area (Å²) < 4.78 is 0. The second-order valence-corrected chi connectivity index (χ2v) is 11.2. The number of nitrogens with one attached hydrogen (secondary N) is 2. The molecule has 240 valence electrons. The van der Waals surface area contributed by atoms with Gasteiger partial charge in [0.25, 0.3) is 0 Å². The van der Waals surface area contributed by atoms with Crippen LogP contribution in [-0.2, 0) is 28.8 Å². The quantitative estimate of drug-likeness (QED) is 0.0350. The molecule has 0 bridgehead atoms. The number of carbonyl (C=O) groups excluding carboxylic acids is 4. The molecule has 0 fully saturated rings. The van der Waals surface area contributed by atoms with Gasteiger partial charge in [-0.25, -0.2) is 0 Å². The molecule has 0 aliphatic carbocycles. The third kappa shape index (κ3) is 12.5. The van der Waals surface area contributed by atoms with Crippen molar-refractivity contribution in [3.63, 3.8) is 0 Å². The van der Waals surface area contributed by atoms with E-state index in [4.69, 9.17) is 22.9 Å². The van der Waals surface area contributed by atoms with Gasteiger partial charge in [0, 0.05) is 13.0 Å². The van der Waals surface area contributed by atoms with Crippen LogP contribution in [0.5, 0.6) is 0 Å². The number of Topliss-reactive ketones (excluding diaryl/α,β-unsaturated/α-hetero) is 2. The number of rotatable bonds is 21. The second-order valence-electron chi connectivity index (χ2n) is 11.2. The molecule has 0 aromatic heterocycles. The number of aliphatic carboxylic acids is 2. The molecule has 0 aromatic rings. The Hall–Kier alpha value is -3.59. The van der Waals surface area contributed by atoms with E-state index in [1.54, 1.807) is 13.8 Å². The Labute approximate surface area is 246 Å². The zero-order valence-corrected chi connectivity index (χ0v) is 25.2. The lowest BCUT2D eigenvalue weighted by Gasteiger charge is -2.31. The van der Waals surface area contributed by atoms with Crippen molar-refractivity contribution in [1.82, 2.24) is 10.6 Å². The van der Waals surface area contributed by atoms with E-state index in [0.717, 1.165) is 0 Å². The molecule has 0 saturated carbocycles. The number of carbonyl (C=O) groups is 6. The van der Waals surface area contributed by atoms with Crippen LogP contribution in [0.2, 0.25) is 0 Å². The molecule has 1 unspecified atom stereocenters. The SMILES string of the molecule is CCCC[C@H](NC(=O)[C@@H](N)CCCN=C(N)N)C(=O)N[C@@H](CC(=O)O)C(=O)[C@H](C(=O)CC(N)(C(=O)O)C(C)C)C(C)C. The zero-order valence-electron chi connectivity index (χ0n) is 25.2. The summed E-state index contributed by atoms with van der Waals surface area (Å²) in [6, 6.07) is -3.75. The minimum atomic E-state index is -1.95. The van der Waals surface area contributed by atoms with E-state index in [9.17, 15) is 39.0 Å². The number of nitrogens with zero attached hydrogens (tertiary/aromatic N) is 1. The van der Waals surface area contributed by atoms with Crippen LogP contribution in [0.1, 0.15) is 79.6 Å². The molecule has 15 nitrogen and oxygen atoms in total. The largest absolute Gasteiger partial charge is 0.481 e. The van der Waals surface area contributed by atoms with Crippen LogP contribution in [0.15, 0.2) is 4.99 Å². The zero-order chi connectivity index (χ0) is 32.8. The van der Waals surface area contributed by atoms with E-state index >= 15 is 0 Å². The first-order valence-electron chi connectivity index (χ1n) is 14.1. The fourth-order valence-electron chi connectivity index (χ4n) is 4.28. The Bertz CT molecular complexity index is 997. The smallest absolute Gasteiger partial charge is 0.324 e. The number of hydrogen-bond donors (Lipinski definition) is 8. The highest BCUT2D eigenvalue weighted by molar-refractivity contribution is 6.08. The van der Waals surface area contributed by atoms with Crippen LogP contribution in [0, 0.1) is 17.8 Å². The maximum Gasteiger partial charge on any atom is 0.324 e. The topological polar surface area (TPSA) is 283 Å². The maximum absolute atomic E-state index is 13.6. The highest BCUT2D eigenvalue weighted by atomic mass is 16.4. The van der Waals surface area contributed by atoms with Gasteiger partial charge in [0.2, 0.25) is 11.8 Å². The minimum absolute atomic E-state index is 0.0969. The van der Waals surface area contributed by atoms with E-state index in [1.165, 1.54) is 13.8 Å². The predicted octanol–water partition coefficient (Wildman–Crippen LogP) is -0.760. The summed E-state index contributed by atoms with van der Waals surface area (Å²) in [5, 5.41) is 24.1. The minimum Gasteiger partial charge on any atom is -0.481 e. The van der Waals surface area contributed by atoms with Crippen molar-refractivity contribution < 1.29 is 39.0 Å². The molecule has 42 heavy (non-hydrogen) atoms. The molecule has 0 spiro atoms. The Kier molecular flexibility index (Phi) is 16.5. The number of hydrogen-bond acceptors (Lipinski definition) is 9. The van der Waals surface area contributed by atoms with Crippen molar-refractivity contribution >= 4 is 41.3 Å². The molecule has 0 aliphatic heterocycles. The number of ketones is 2. The van der Waals surface area contributed by atoms with Gasteiger partial charge in [0.05, 0.1) is 24.4 Å². The molecular weight excluding hydrogens is 550 g/mol. The molecule has 0 radical (unpaired) electrons. The monoisotopic (exact) mass is 599 g/mol. The van der Waals surface area contributed by atoms with Crippen molar-refractivity contribution in [1.29, 1.82) is 0 Å². The van der Waals surface area contributed by atoms with Crippen molar-refractivity contribution in [2.24, 2.45) is 45.7 Å². The van der Waals surface area contributed by atoms with Gasteiger partial charge in [0.15, 0.2) is 11.7 Å². The van der Waals surface area contributed by atoms with Gasteiger partial charge >= 0.3 is 11.9 Å². The van der Waals surface area contributed by atoms with Crippen LogP contribution in [0.3, 0.4) is 0 Å². The predicted molar refractivity (Wildman–Crippen MR) is 156 cm³/mol. The van der Waals surface area contributed by atoms with Crippen LogP contribution >= 0.6 is 0 Å². The molecule has 2 amide bonds. The van der Waals surface area contributed by atoms with Gasteiger partial charge in [-0.1, -0.05) is 47.5 Å². The average Bonchev–Trinajstić information content (AvgIpc) is 2.87. The van der Waals surface area contributed by atoms with Gasteiger partial charge in [0.1, 0.15) is 17.4 Å². The Morgan fingerprint density at radius 1 is 0.881 bits per heavy atom. The standard InChI is InChI=1S/C27H49N7O8/c1-6-7-10-17(33-23(39)16(28)9-8-11-32-26(29)30)24(40)34-18(12-20(36)37)22(38)21(14(2)3)19(35)13-27(31,15(4)5)25(41)42/h14-18,21H,6-13,28,31H2,1-5H3,(H,33,39)(H,34,40)(H,36,37)(H,41,42)(H4,29,30,32)/t16-,17-,18-,21-,27?/m0/s1.